The van der Waals surface area contributed by atoms with Crippen molar-refractivity contribution in [3.05, 3.63) is 35.4 Å². The van der Waals surface area contributed by atoms with Gasteiger partial charge in [-0.1, -0.05) is 32.3 Å². The molecule has 2 atom stereocenters. The van der Waals surface area contributed by atoms with Crippen LogP contribution in [-0.4, -0.2) is 42.5 Å². The van der Waals surface area contributed by atoms with Crippen molar-refractivity contribution in [2.45, 2.75) is 89.8 Å². The van der Waals surface area contributed by atoms with E-state index in [9.17, 15) is 13.2 Å². The molecule has 0 spiro atoms. The van der Waals surface area contributed by atoms with Crippen LogP contribution >= 0.6 is 0 Å². The van der Waals surface area contributed by atoms with E-state index in [1.165, 1.54) is 37.5 Å². The number of ether oxygens (including phenoxy) is 1. The predicted molar refractivity (Wildman–Crippen MR) is 144 cm³/mol. The average molecular weight is 530 g/mol. The second-order valence-electron chi connectivity index (χ2n) is 11.3. The van der Waals surface area contributed by atoms with E-state index in [0.717, 1.165) is 19.3 Å². The second-order valence-corrected chi connectivity index (χ2v) is 12.9. The van der Waals surface area contributed by atoms with Crippen molar-refractivity contribution in [1.82, 2.24) is 14.7 Å². The lowest BCUT2D eigenvalue weighted by molar-refractivity contribution is 0.0980. The second kappa shape index (κ2) is 10.5. The molecule has 3 N–H and O–H groups in total. The molecule has 9 nitrogen and oxygen atoms in total. The minimum absolute atomic E-state index is 0.000435. The van der Waals surface area contributed by atoms with Crippen LogP contribution in [0.25, 0.3) is 0 Å². The SMILES string of the molecule is Cc1cc(C(=O)NS(=O)(=O)c2cccc(N)n2)c(N2C[C@@H](C)CC2(C)C)nc1OC(C)C1CCCCC1. The number of hydrogen-bond acceptors (Lipinski definition) is 8. The molecule has 1 aliphatic heterocycles. The first-order valence-corrected chi connectivity index (χ1v) is 14.6. The Hall–Kier alpha value is -2.88. The van der Waals surface area contributed by atoms with Gasteiger partial charge in [0.1, 0.15) is 17.7 Å². The van der Waals surface area contributed by atoms with Gasteiger partial charge in [0.05, 0.1) is 5.56 Å². The number of pyridine rings is 2. The number of amides is 1. The van der Waals surface area contributed by atoms with Crippen molar-refractivity contribution in [2.75, 3.05) is 17.2 Å². The predicted octanol–water partition coefficient (Wildman–Crippen LogP) is 4.46. The molecule has 3 heterocycles. The lowest BCUT2D eigenvalue weighted by Gasteiger charge is -2.34. The number of carbonyl (C=O) groups excluding carboxylic acids is 1. The van der Waals surface area contributed by atoms with Gasteiger partial charge < -0.3 is 15.4 Å². The fourth-order valence-electron chi connectivity index (χ4n) is 5.72. The van der Waals surface area contributed by atoms with Crippen molar-refractivity contribution >= 4 is 27.6 Å². The zero-order valence-corrected chi connectivity index (χ0v) is 23.3. The largest absolute Gasteiger partial charge is 0.474 e. The highest BCUT2D eigenvalue weighted by molar-refractivity contribution is 7.90. The summed E-state index contributed by atoms with van der Waals surface area (Å²) in [5.74, 6) is 1.06. The number of carbonyl (C=O) groups is 1. The zero-order valence-electron chi connectivity index (χ0n) is 22.5. The third-order valence-corrected chi connectivity index (χ3v) is 8.81. The molecule has 1 unspecified atom stereocenters. The van der Waals surface area contributed by atoms with Gasteiger partial charge in [-0.05, 0) is 77.0 Å². The highest BCUT2D eigenvalue weighted by Gasteiger charge is 2.40. The van der Waals surface area contributed by atoms with E-state index in [1.807, 2.05) is 6.92 Å². The number of nitrogens with one attached hydrogen (secondary N) is 1. The molecule has 2 aromatic rings. The third kappa shape index (κ3) is 6.00. The number of anilines is 2. The number of nitrogens with two attached hydrogens (primary N) is 1. The molecule has 4 rings (SSSR count). The normalized spacial score (nSPS) is 21.0. The Kier molecular flexibility index (Phi) is 7.69. The van der Waals surface area contributed by atoms with Crippen molar-refractivity contribution in [2.24, 2.45) is 11.8 Å². The molecule has 37 heavy (non-hydrogen) atoms. The van der Waals surface area contributed by atoms with Crippen LogP contribution in [0.5, 0.6) is 5.88 Å². The van der Waals surface area contributed by atoms with Gasteiger partial charge >= 0.3 is 0 Å². The van der Waals surface area contributed by atoms with Gasteiger partial charge in [-0.2, -0.15) is 13.4 Å². The monoisotopic (exact) mass is 529 g/mol. The maximum atomic E-state index is 13.5. The standard InChI is InChI=1S/C27H39N5O4S/c1-17-15-27(4,5)32(16-17)24-21(25(33)31-37(34,35)23-13-9-12-22(28)29-23)14-18(2)26(30-24)36-19(3)20-10-7-6-8-11-20/h9,12-14,17,19-20H,6-8,10-11,15-16H2,1-5H3,(H2,28,29)(H,31,33)/t17-,19?/m0/s1. The number of nitrogens with zero attached hydrogens (tertiary/aromatic N) is 3. The van der Waals surface area contributed by atoms with Gasteiger partial charge in [0.2, 0.25) is 5.88 Å². The molecule has 2 aliphatic rings. The molecule has 0 bridgehead atoms. The molecule has 1 aliphatic carbocycles. The van der Waals surface area contributed by atoms with E-state index in [1.54, 1.807) is 6.07 Å². The summed E-state index contributed by atoms with van der Waals surface area (Å²) in [6.07, 6.45) is 6.89. The fraction of sp³-hybridized carbons (Fsp3) is 0.593. The third-order valence-electron chi connectivity index (χ3n) is 7.58. The van der Waals surface area contributed by atoms with Crippen molar-refractivity contribution in [1.29, 1.82) is 0 Å². The number of nitrogen functional groups attached to an aromatic ring is 1. The Morgan fingerprint density at radius 3 is 2.54 bits per heavy atom. The summed E-state index contributed by atoms with van der Waals surface area (Å²) < 4.78 is 34.4. The van der Waals surface area contributed by atoms with Gasteiger partial charge in [-0.3, -0.25) is 4.79 Å². The first-order chi connectivity index (χ1) is 17.4. The van der Waals surface area contributed by atoms with Crippen molar-refractivity contribution < 1.29 is 17.9 Å². The molecule has 1 saturated heterocycles. The molecule has 1 amide bonds. The van der Waals surface area contributed by atoms with Gasteiger partial charge in [0.25, 0.3) is 15.9 Å². The van der Waals surface area contributed by atoms with E-state index in [4.69, 9.17) is 15.5 Å². The quantitative estimate of drug-likeness (QED) is 0.538. The van der Waals surface area contributed by atoms with Crippen molar-refractivity contribution in [3.8, 4) is 5.88 Å². The number of aromatic nitrogens is 2. The van der Waals surface area contributed by atoms with Crippen LogP contribution in [-0.2, 0) is 10.0 Å². The van der Waals surface area contributed by atoms with Gasteiger partial charge in [-0.25, -0.2) is 9.71 Å². The molecule has 0 aromatic carbocycles. The Labute approximate surface area is 220 Å². The van der Waals surface area contributed by atoms with Crippen LogP contribution in [0.4, 0.5) is 11.6 Å². The maximum absolute atomic E-state index is 13.5. The van der Waals surface area contributed by atoms with Crippen LogP contribution in [0.15, 0.2) is 29.3 Å². The summed E-state index contributed by atoms with van der Waals surface area (Å²) in [7, 11) is -4.23. The minimum atomic E-state index is -4.23. The Bertz CT molecular complexity index is 1260. The van der Waals surface area contributed by atoms with E-state index < -0.39 is 15.9 Å². The summed E-state index contributed by atoms with van der Waals surface area (Å²) in [5.41, 5.74) is 6.26. The van der Waals surface area contributed by atoms with Gasteiger partial charge in [0.15, 0.2) is 5.03 Å². The van der Waals surface area contributed by atoms with Crippen LogP contribution < -0.4 is 20.1 Å². The van der Waals surface area contributed by atoms with Gasteiger partial charge in [-0.15, -0.1) is 0 Å². The molecular weight excluding hydrogens is 490 g/mol. The lowest BCUT2D eigenvalue weighted by Crippen LogP contribution is -2.41. The Balaban J connectivity index is 1.70. The van der Waals surface area contributed by atoms with Crippen LogP contribution in [0.2, 0.25) is 0 Å². The Morgan fingerprint density at radius 1 is 1.22 bits per heavy atom. The topological polar surface area (TPSA) is 128 Å². The first kappa shape index (κ1) is 27.2. The average Bonchev–Trinajstić information content (AvgIpc) is 3.11. The molecule has 0 radical (unpaired) electrons. The summed E-state index contributed by atoms with van der Waals surface area (Å²) in [5, 5.41) is -0.316. The van der Waals surface area contributed by atoms with Crippen LogP contribution in [0, 0.1) is 18.8 Å². The van der Waals surface area contributed by atoms with E-state index in [0.29, 0.717) is 35.6 Å². The number of aryl methyl sites for hydroxylation is 1. The fourth-order valence-corrected chi connectivity index (χ4v) is 6.67. The van der Waals surface area contributed by atoms with E-state index >= 15 is 0 Å². The zero-order chi connectivity index (χ0) is 27.0. The first-order valence-electron chi connectivity index (χ1n) is 13.1. The number of sulfonamides is 1. The van der Waals surface area contributed by atoms with Crippen LogP contribution in [0.1, 0.15) is 82.1 Å². The highest BCUT2D eigenvalue weighted by Crippen LogP contribution is 2.39. The smallest absolute Gasteiger partial charge is 0.281 e. The molecule has 202 valence electrons. The summed E-state index contributed by atoms with van der Waals surface area (Å²) >= 11 is 0. The van der Waals surface area contributed by atoms with Gasteiger partial charge in [0, 0.05) is 17.6 Å². The molecule has 2 aromatic heterocycles. The molecule has 10 heteroatoms. The van der Waals surface area contributed by atoms with Crippen molar-refractivity contribution in [3.63, 3.8) is 0 Å². The number of rotatable bonds is 7. The molecular formula is C27H39N5O4S. The minimum Gasteiger partial charge on any atom is -0.474 e. The summed E-state index contributed by atoms with van der Waals surface area (Å²) in [4.78, 5) is 24.3. The maximum Gasteiger partial charge on any atom is 0.281 e. The van der Waals surface area contributed by atoms with Crippen LogP contribution in [0.3, 0.4) is 0 Å². The molecule has 1 saturated carbocycles. The summed E-state index contributed by atoms with van der Waals surface area (Å²) in [6.45, 7) is 11.0. The Morgan fingerprint density at radius 2 is 1.92 bits per heavy atom. The van der Waals surface area contributed by atoms with E-state index in [2.05, 4.69) is 42.3 Å². The number of hydrogen-bond donors (Lipinski definition) is 2. The molecule has 2 fully saturated rings. The highest BCUT2D eigenvalue weighted by atomic mass is 32.2. The lowest BCUT2D eigenvalue weighted by atomic mass is 9.86. The van der Waals surface area contributed by atoms with E-state index in [-0.39, 0.29) is 28.1 Å². The summed E-state index contributed by atoms with van der Waals surface area (Å²) in [6, 6.07) is 5.94.